The zero-order chi connectivity index (χ0) is 22.2. The van der Waals surface area contributed by atoms with Gasteiger partial charge in [0.2, 0.25) is 10.0 Å². The van der Waals surface area contributed by atoms with Crippen LogP contribution in [0.3, 0.4) is 0 Å². The average molecular weight is 462 g/mol. The second-order valence-corrected chi connectivity index (χ2v) is 10.2. The predicted octanol–water partition coefficient (Wildman–Crippen LogP) is 2.44. The average Bonchev–Trinajstić information content (AvgIpc) is 3.07. The van der Waals surface area contributed by atoms with Gasteiger partial charge in [-0.1, -0.05) is 37.3 Å². The molecule has 0 saturated heterocycles. The molecule has 3 aromatic rings. The lowest BCUT2D eigenvalue weighted by Crippen LogP contribution is -2.44. The second kappa shape index (κ2) is 8.45. The van der Waals surface area contributed by atoms with E-state index in [1.807, 2.05) is 35.9 Å². The fourth-order valence-electron chi connectivity index (χ4n) is 3.25. The second-order valence-electron chi connectivity index (χ2n) is 7.51. The van der Waals surface area contributed by atoms with Crippen molar-refractivity contribution in [2.45, 2.75) is 24.8 Å². The number of thiazole rings is 1. The molecule has 1 N–H and O–H groups in total. The molecule has 2 aromatic carbocycles. The van der Waals surface area contributed by atoms with E-state index < -0.39 is 22.0 Å². The van der Waals surface area contributed by atoms with Crippen molar-refractivity contribution in [2.75, 3.05) is 13.2 Å². The standard InChI is InChI=1S/C21H23N3O5S2/c1-13(2)19(20(25)22-21-24(3)15-6-4-5-7-18(15)30-21)23-31(26,27)14-8-9-16-17(12-14)29-11-10-28-16/h4-9,12-13,19,23H,10-11H2,1-3H3/t19-/m0/s1. The van der Waals surface area contributed by atoms with Crippen molar-refractivity contribution in [3.63, 3.8) is 0 Å². The lowest BCUT2D eigenvalue weighted by Gasteiger charge is -2.21. The summed E-state index contributed by atoms with van der Waals surface area (Å²) < 4.78 is 42.2. The van der Waals surface area contributed by atoms with Gasteiger partial charge in [0.05, 0.1) is 15.1 Å². The van der Waals surface area contributed by atoms with Gasteiger partial charge in [0, 0.05) is 13.1 Å². The molecule has 0 aliphatic carbocycles. The smallest absolute Gasteiger partial charge is 0.266 e. The number of rotatable bonds is 5. The summed E-state index contributed by atoms with van der Waals surface area (Å²) in [5, 5.41) is 0. The van der Waals surface area contributed by atoms with Crippen molar-refractivity contribution in [2.24, 2.45) is 18.0 Å². The molecule has 1 amide bonds. The minimum Gasteiger partial charge on any atom is -0.486 e. The van der Waals surface area contributed by atoms with Gasteiger partial charge in [-0.05, 0) is 30.2 Å². The van der Waals surface area contributed by atoms with Crippen LogP contribution >= 0.6 is 11.3 Å². The zero-order valence-electron chi connectivity index (χ0n) is 17.4. The fourth-order valence-corrected chi connectivity index (χ4v) is 5.63. The molecule has 2 heterocycles. The van der Waals surface area contributed by atoms with Crippen molar-refractivity contribution in [1.29, 1.82) is 0 Å². The van der Waals surface area contributed by atoms with Crippen LogP contribution in [0.5, 0.6) is 11.5 Å². The van der Waals surface area contributed by atoms with E-state index in [-0.39, 0.29) is 10.8 Å². The molecule has 0 unspecified atom stereocenters. The van der Waals surface area contributed by atoms with E-state index in [0.29, 0.717) is 29.5 Å². The number of ether oxygens (including phenoxy) is 2. The van der Waals surface area contributed by atoms with E-state index in [4.69, 9.17) is 9.47 Å². The summed E-state index contributed by atoms with van der Waals surface area (Å²) in [4.78, 5) is 17.7. The minimum atomic E-state index is -3.98. The number of aryl methyl sites for hydroxylation is 1. The molecule has 1 aromatic heterocycles. The van der Waals surface area contributed by atoms with Crippen molar-refractivity contribution < 1.29 is 22.7 Å². The summed E-state index contributed by atoms with van der Waals surface area (Å²) in [6.07, 6.45) is 0. The quantitative estimate of drug-likeness (QED) is 0.629. The Labute approximate surface area is 184 Å². The Morgan fingerprint density at radius 3 is 2.55 bits per heavy atom. The number of nitrogens with one attached hydrogen (secondary N) is 1. The minimum absolute atomic E-state index is 0.00242. The van der Waals surface area contributed by atoms with Crippen LogP contribution in [-0.2, 0) is 21.9 Å². The molecule has 1 aliphatic rings. The van der Waals surface area contributed by atoms with Crippen molar-refractivity contribution in [3.05, 3.63) is 47.3 Å². The molecule has 164 valence electrons. The van der Waals surface area contributed by atoms with E-state index in [1.54, 1.807) is 19.9 Å². The Bertz CT molecular complexity index is 1310. The van der Waals surface area contributed by atoms with Crippen LogP contribution in [0, 0.1) is 5.92 Å². The highest BCUT2D eigenvalue weighted by molar-refractivity contribution is 7.89. The molecule has 31 heavy (non-hydrogen) atoms. The highest BCUT2D eigenvalue weighted by atomic mass is 32.2. The van der Waals surface area contributed by atoms with Crippen molar-refractivity contribution in [3.8, 4) is 11.5 Å². The van der Waals surface area contributed by atoms with Gasteiger partial charge in [-0.2, -0.15) is 9.71 Å². The third-order valence-corrected chi connectivity index (χ3v) is 7.51. The first-order valence-electron chi connectivity index (χ1n) is 9.81. The molecule has 1 atom stereocenters. The molecule has 0 bridgehead atoms. The Balaban J connectivity index is 1.64. The molecule has 0 saturated carbocycles. The molecule has 0 radical (unpaired) electrons. The number of benzene rings is 2. The van der Waals surface area contributed by atoms with Crippen LogP contribution in [0.4, 0.5) is 0 Å². The normalized spacial score (nSPS) is 15.4. The first kappa shape index (κ1) is 21.5. The number of carbonyl (C=O) groups is 1. The third kappa shape index (κ3) is 4.36. The number of fused-ring (bicyclic) bond motifs is 2. The van der Waals surface area contributed by atoms with Gasteiger partial charge < -0.3 is 14.0 Å². The van der Waals surface area contributed by atoms with Gasteiger partial charge in [0.15, 0.2) is 16.3 Å². The van der Waals surface area contributed by atoms with Crippen molar-refractivity contribution in [1.82, 2.24) is 9.29 Å². The van der Waals surface area contributed by atoms with Gasteiger partial charge in [0.25, 0.3) is 5.91 Å². The molecule has 8 nitrogen and oxygen atoms in total. The molecule has 4 rings (SSSR count). The highest BCUT2D eigenvalue weighted by Crippen LogP contribution is 2.32. The zero-order valence-corrected chi connectivity index (χ0v) is 19.0. The number of carbonyl (C=O) groups excluding carboxylic acids is 1. The topological polar surface area (TPSA) is 99.0 Å². The maximum Gasteiger partial charge on any atom is 0.266 e. The number of hydrogen-bond donors (Lipinski definition) is 1. The Kier molecular flexibility index (Phi) is 5.87. The number of sulfonamides is 1. The van der Waals surface area contributed by atoms with E-state index in [9.17, 15) is 13.2 Å². The molecule has 0 fully saturated rings. The monoisotopic (exact) mass is 461 g/mol. The van der Waals surface area contributed by atoms with Crippen LogP contribution in [0.15, 0.2) is 52.4 Å². The molecule has 10 heteroatoms. The number of aromatic nitrogens is 1. The summed E-state index contributed by atoms with van der Waals surface area (Å²) in [6, 6.07) is 11.1. The summed E-state index contributed by atoms with van der Waals surface area (Å²) in [7, 11) is -2.15. The van der Waals surface area contributed by atoms with Crippen LogP contribution in [0.25, 0.3) is 10.2 Å². The number of amides is 1. The van der Waals surface area contributed by atoms with E-state index >= 15 is 0 Å². The van der Waals surface area contributed by atoms with E-state index in [2.05, 4.69) is 9.71 Å². The Morgan fingerprint density at radius 2 is 1.84 bits per heavy atom. The van der Waals surface area contributed by atoms with Gasteiger partial charge in [-0.25, -0.2) is 8.42 Å². The maximum absolute atomic E-state index is 13.0. The summed E-state index contributed by atoms with van der Waals surface area (Å²) >= 11 is 1.38. The van der Waals surface area contributed by atoms with Crippen LogP contribution < -0.4 is 19.0 Å². The first-order valence-corrected chi connectivity index (χ1v) is 12.1. The number of hydrogen-bond acceptors (Lipinski definition) is 6. The molecular formula is C21H23N3O5S2. The van der Waals surface area contributed by atoms with E-state index in [1.165, 1.54) is 23.5 Å². The Hall–Kier alpha value is -2.69. The van der Waals surface area contributed by atoms with Gasteiger partial charge in [-0.3, -0.25) is 4.79 Å². The largest absolute Gasteiger partial charge is 0.486 e. The highest BCUT2D eigenvalue weighted by Gasteiger charge is 2.29. The molecule has 0 spiro atoms. The summed E-state index contributed by atoms with van der Waals surface area (Å²) in [5.41, 5.74) is 0.956. The lowest BCUT2D eigenvalue weighted by atomic mass is 10.1. The summed E-state index contributed by atoms with van der Waals surface area (Å²) in [5.74, 6) is 0.0127. The predicted molar refractivity (Wildman–Crippen MR) is 118 cm³/mol. The third-order valence-electron chi connectivity index (χ3n) is 4.96. The van der Waals surface area contributed by atoms with E-state index in [0.717, 1.165) is 10.2 Å². The molecule has 1 aliphatic heterocycles. The SMILES string of the molecule is CC(C)[C@H](NS(=O)(=O)c1ccc2c(c1)OCCO2)C(=O)N=c1sc2ccccc2n1C. The number of para-hydroxylation sites is 1. The maximum atomic E-state index is 13.0. The number of nitrogens with zero attached hydrogens (tertiary/aromatic N) is 2. The van der Waals surface area contributed by atoms with Gasteiger partial charge in [-0.15, -0.1) is 0 Å². The van der Waals surface area contributed by atoms with Crippen LogP contribution in [-0.4, -0.2) is 38.1 Å². The van der Waals surface area contributed by atoms with Crippen LogP contribution in [0.2, 0.25) is 0 Å². The first-order chi connectivity index (χ1) is 14.8. The summed E-state index contributed by atoms with van der Waals surface area (Å²) in [6.45, 7) is 4.31. The van der Waals surface area contributed by atoms with Crippen LogP contribution in [0.1, 0.15) is 13.8 Å². The van der Waals surface area contributed by atoms with Crippen molar-refractivity contribution >= 4 is 37.5 Å². The van der Waals surface area contributed by atoms with Gasteiger partial charge >= 0.3 is 0 Å². The lowest BCUT2D eigenvalue weighted by molar-refractivity contribution is -0.120. The fraction of sp³-hybridized carbons (Fsp3) is 0.333. The molecular weight excluding hydrogens is 438 g/mol. The van der Waals surface area contributed by atoms with Gasteiger partial charge in [0.1, 0.15) is 19.3 Å². The Morgan fingerprint density at radius 1 is 1.13 bits per heavy atom.